The summed E-state index contributed by atoms with van der Waals surface area (Å²) in [4.78, 5) is 38.4. The Bertz CT molecular complexity index is 1340. The molecule has 1 heterocycles. The van der Waals surface area contributed by atoms with Crippen LogP contribution in [0.15, 0.2) is 12.1 Å². The van der Waals surface area contributed by atoms with Crippen molar-refractivity contribution in [1.29, 1.82) is 0 Å². The van der Waals surface area contributed by atoms with Crippen LogP contribution in [0.2, 0.25) is 0 Å². The minimum atomic E-state index is -6.53. The molecule has 3 aliphatic rings. The molecule has 1 aliphatic heterocycles. The van der Waals surface area contributed by atoms with Gasteiger partial charge in [0.15, 0.2) is 0 Å². The molecule has 3 fully saturated rings. The van der Waals surface area contributed by atoms with Crippen molar-refractivity contribution in [3.63, 3.8) is 0 Å². The predicted molar refractivity (Wildman–Crippen MR) is 140 cm³/mol. The van der Waals surface area contributed by atoms with Crippen LogP contribution in [-0.2, 0) is 33.9 Å². The Labute approximate surface area is 256 Å². The number of esters is 3. The molecule has 2 aliphatic carbocycles. The van der Waals surface area contributed by atoms with E-state index in [0.717, 1.165) is 0 Å². The molecule has 0 radical (unpaired) electrons. The summed E-state index contributed by atoms with van der Waals surface area (Å²) in [6.07, 6.45) is -15.7. The quantitative estimate of drug-likeness (QED) is 0.112. The average molecular weight is 924 g/mol. The zero-order chi connectivity index (χ0) is 29.5. The summed E-state index contributed by atoms with van der Waals surface area (Å²) in [6.45, 7) is 0. The third kappa shape index (κ3) is 5.46. The molecule has 0 aromatic heterocycles. The molecule has 1 aromatic rings. The average Bonchev–Trinajstić information content (AvgIpc) is 3.36. The van der Waals surface area contributed by atoms with Crippen LogP contribution in [0.1, 0.15) is 16.8 Å². The molecule has 2 saturated carbocycles. The largest absolute Gasteiger partial charge is 0.458 e. The van der Waals surface area contributed by atoms with E-state index >= 15 is 0 Å². The van der Waals surface area contributed by atoms with E-state index in [9.17, 15) is 49.1 Å². The summed E-state index contributed by atoms with van der Waals surface area (Å²) < 4.78 is 130. The molecule has 0 spiro atoms. The standard InChI is InChI=1S/C20H13F6I3O9S/c21-19(22,23)18(20(24,25)26,4-39(33,34)35)38-17(32)11-7-3-6-10(11)16(31)37-14(6)13(7)36-15(30)8-1-5(27)2-9(28)12(8)29/h1-2,6-7,10-11,13-14H,3-4H2,(H,33,34,35). The molecule has 9 nitrogen and oxygen atoms in total. The number of hydrogen-bond donors (Lipinski definition) is 1. The molecular weight excluding hydrogens is 911 g/mol. The number of carbonyl (C=O) groups is 3. The molecule has 1 N–H and O–H groups in total. The maximum Gasteiger partial charge on any atom is 0.438 e. The van der Waals surface area contributed by atoms with Gasteiger partial charge in [0.05, 0.1) is 17.4 Å². The monoisotopic (exact) mass is 924 g/mol. The first-order chi connectivity index (χ1) is 17.7. The van der Waals surface area contributed by atoms with Gasteiger partial charge in [-0.05, 0) is 86.3 Å². The molecule has 6 atom stereocenters. The molecular formula is C20H13F6I3O9S. The Hall–Kier alpha value is -0.690. The van der Waals surface area contributed by atoms with Crippen LogP contribution < -0.4 is 0 Å². The predicted octanol–water partition coefficient (Wildman–Crippen LogP) is 4.13. The van der Waals surface area contributed by atoms with Crippen molar-refractivity contribution in [1.82, 2.24) is 0 Å². The molecule has 216 valence electrons. The highest BCUT2D eigenvalue weighted by Crippen LogP contribution is 2.60. The fourth-order valence-corrected chi connectivity index (χ4v) is 8.60. The fraction of sp³-hybridized carbons (Fsp3) is 0.550. The number of hydrogen-bond acceptors (Lipinski definition) is 8. The highest BCUT2D eigenvalue weighted by molar-refractivity contribution is 14.1. The molecule has 4 rings (SSSR count). The molecule has 19 heteroatoms. The van der Waals surface area contributed by atoms with Crippen LogP contribution in [0.5, 0.6) is 0 Å². The van der Waals surface area contributed by atoms with Crippen molar-refractivity contribution in [3.05, 3.63) is 28.4 Å². The van der Waals surface area contributed by atoms with Gasteiger partial charge in [0.2, 0.25) is 0 Å². The Morgan fingerprint density at radius 1 is 1.05 bits per heavy atom. The highest BCUT2D eigenvalue weighted by atomic mass is 127. The van der Waals surface area contributed by atoms with E-state index in [1.54, 1.807) is 6.07 Å². The minimum Gasteiger partial charge on any atom is -0.458 e. The SMILES string of the molecule is O=C(OC1C2CC3C1OC(=O)C3C2C(=O)OC(CS(=O)(=O)O)(C(F)(F)F)C(F)(F)F)c1cc(I)cc(I)c1I. The van der Waals surface area contributed by atoms with Gasteiger partial charge in [0.1, 0.15) is 18.0 Å². The van der Waals surface area contributed by atoms with Crippen molar-refractivity contribution in [2.75, 3.05) is 5.75 Å². The van der Waals surface area contributed by atoms with Crippen LogP contribution in [0.4, 0.5) is 26.3 Å². The zero-order valence-corrected chi connectivity index (χ0v) is 25.8. The van der Waals surface area contributed by atoms with Crippen LogP contribution in [0, 0.1) is 34.4 Å². The first-order valence-electron chi connectivity index (χ1n) is 10.6. The highest BCUT2D eigenvalue weighted by Gasteiger charge is 2.77. The minimum absolute atomic E-state index is 0.0935. The number of rotatable bonds is 6. The summed E-state index contributed by atoms with van der Waals surface area (Å²) in [5, 5.41) is 0. The maximum absolute atomic E-state index is 13.7. The first-order valence-corrected chi connectivity index (χ1v) is 15.4. The van der Waals surface area contributed by atoms with E-state index in [0.29, 0.717) is 10.7 Å². The summed E-state index contributed by atoms with van der Waals surface area (Å²) in [5.74, 6) is -12.9. The number of alkyl halides is 6. The van der Waals surface area contributed by atoms with Gasteiger partial charge >= 0.3 is 35.9 Å². The molecule has 1 saturated heterocycles. The molecule has 1 aromatic carbocycles. The third-order valence-corrected chi connectivity index (χ3v) is 11.3. The second kappa shape index (κ2) is 10.2. The number of benzene rings is 1. The second-order valence-corrected chi connectivity index (χ2v) is 14.0. The Balaban J connectivity index is 1.68. The van der Waals surface area contributed by atoms with Crippen LogP contribution >= 0.6 is 67.8 Å². The van der Waals surface area contributed by atoms with Gasteiger partial charge < -0.3 is 14.2 Å². The normalized spacial score (nSPS) is 28.4. The fourth-order valence-electron chi connectivity index (χ4n) is 5.33. The van der Waals surface area contributed by atoms with Crippen molar-refractivity contribution < 1.29 is 67.9 Å². The Morgan fingerprint density at radius 2 is 1.64 bits per heavy atom. The summed E-state index contributed by atoms with van der Waals surface area (Å²) in [7, 11) is -6.00. The van der Waals surface area contributed by atoms with E-state index in [-0.39, 0.29) is 12.0 Å². The van der Waals surface area contributed by atoms with Gasteiger partial charge in [0.25, 0.3) is 10.1 Å². The lowest BCUT2D eigenvalue weighted by molar-refractivity contribution is -0.362. The third-order valence-electron chi connectivity index (χ3n) is 6.85. The van der Waals surface area contributed by atoms with Gasteiger partial charge in [-0.25, -0.2) is 4.79 Å². The van der Waals surface area contributed by atoms with Gasteiger partial charge in [-0.3, -0.25) is 14.1 Å². The van der Waals surface area contributed by atoms with Crippen LogP contribution in [-0.4, -0.2) is 66.8 Å². The lowest BCUT2D eigenvalue weighted by Crippen LogP contribution is -2.64. The topological polar surface area (TPSA) is 133 Å². The van der Waals surface area contributed by atoms with Crippen molar-refractivity contribution in [2.24, 2.45) is 23.7 Å². The van der Waals surface area contributed by atoms with E-state index in [2.05, 4.69) is 4.74 Å². The number of fused-ring (bicyclic) bond motifs is 1. The maximum atomic E-state index is 13.7. The number of carbonyl (C=O) groups excluding carboxylic acids is 3. The number of halogens is 9. The zero-order valence-electron chi connectivity index (χ0n) is 18.6. The van der Waals surface area contributed by atoms with Crippen molar-refractivity contribution >= 4 is 95.8 Å². The van der Waals surface area contributed by atoms with Gasteiger partial charge in [0, 0.05) is 22.5 Å². The van der Waals surface area contributed by atoms with Crippen LogP contribution in [0.25, 0.3) is 0 Å². The van der Waals surface area contributed by atoms with Crippen LogP contribution in [0.3, 0.4) is 0 Å². The van der Waals surface area contributed by atoms with E-state index < -0.39 is 87.6 Å². The summed E-state index contributed by atoms with van der Waals surface area (Å²) in [5.41, 5.74) is -5.54. The van der Waals surface area contributed by atoms with E-state index in [4.69, 9.17) is 14.0 Å². The van der Waals surface area contributed by atoms with Crippen molar-refractivity contribution in [2.45, 2.75) is 36.6 Å². The van der Waals surface area contributed by atoms with Gasteiger partial charge in [-0.15, -0.1) is 0 Å². The molecule has 0 amide bonds. The molecule has 6 unspecified atom stereocenters. The van der Waals surface area contributed by atoms with Crippen molar-refractivity contribution in [3.8, 4) is 0 Å². The summed E-state index contributed by atoms with van der Waals surface area (Å²) in [6, 6.07) is 3.23. The van der Waals surface area contributed by atoms with Gasteiger partial charge in [-0.1, -0.05) is 0 Å². The lowest BCUT2D eigenvalue weighted by atomic mass is 9.78. The second-order valence-electron chi connectivity index (χ2n) is 9.11. The number of ether oxygens (including phenoxy) is 3. The summed E-state index contributed by atoms with van der Waals surface area (Å²) >= 11 is 5.78. The molecule has 39 heavy (non-hydrogen) atoms. The van der Waals surface area contributed by atoms with E-state index in [1.165, 1.54) is 6.07 Å². The van der Waals surface area contributed by atoms with Gasteiger partial charge in [-0.2, -0.15) is 34.8 Å². The van der Waals surface area contributed by atoms with E-state index in [1.807, 2.05) is 67.8 Å². The Kier molecular flexibility index (Phi) is 8.20. The Morgan fingerprint density at radius 3 is 2.18 bits per heavy atom. The smallest absolute Gasteiger partial charge is 0.438 e. The lowest BCUT2D eigenvalue weighted by Gasteiger charge is -2.38. The first kappa shape index (κ1) is 31.3. The molecule has 2 bridgehead atoms.